The summed E-state index contributed by atoms with van der Waals surface area (Å²) >= 11 is 0. The average Bonchev–Trinajstić information content (AvgIpc) is 2.39. The normalized spacial score (nSPS) is 16.8. The minimum absolute atomic E-state index is 0.690. The van der Waals surface area contributed by atoms with Crippen molar-refractivity contribution in [1.82, 2.24) is 0 Å². The predicted molar refractivity (Wildman–Crippen MR) is 72.5 cm³/mol. The average molecular weight is 234 g/mol. The van der Waals surface area contributed by atoms with Crippen LogP contribution in [0.2, 0.25) is 0 Å². The second-order valence-electron chi connectivity index (χ2n) is 4.84. The Hall–Kier alpha value is -1.38. The number of nitrogens with two attached hydrogens (primary N) is 1. The number of methoxy groups -OCH3 is 1. The number of hydrogen-bond donors (Lipinski definition) is 2. The minimum atomic E-state index is 0.690. The molecule has 1 saturated carbocycles. The Morgan fingerprint density at radius 3 is 2.76 bits per heavy atom. The van der Waals surface area contributed by atoms with E-state index in [1.54, 1.807) is 7.11 Å². The third-order valence-electron chi connectivity index (χ3n) is 3.55. The fourth-order valence-corrected chi connectivity index (χ4v) is 2.47. The molecule has 17 heavy (non-hydrogen) atoms. The number of rotatable bonds is 4. The molecule has 0 heterocycles. The number of nitrogen functional groups attached to an aromatic ring is 1. The van der Waals surface area contributed by atoms with E-state index in [0.29, 0.717) is 5.69 Å². The molecule has 0 aliphatic heterocycles. The molecule has 1 fully saturated rings. The van der Waals surface area contributed by atoms with Gasteiger partial charge in [-0.05, 0) is 30.9 Å². The van der Waals surface area contributed by atoms with Crippen molar-refractivity contribution in [2.75, 3.05) is 24.7 Å². The molecule has 0 saturated heterocycles. The summed E-state index contributed by atoms with van der Waals surface area (Å²) in [6, 6.07) is 5.88. The van der Waals surface area contributed by atoms with Crippen LogP contribution in [0, 0.1) is 5.92 Å². The van der Waals surface area contributed by atoms with Crippen LogP contribution in [-0.2, 0) is 0 Å². The standard InChI is InChI=1S/C14H22N2O/c1-17-14-9-12(7-8-13(14)15)16-10-11-5-3-2-4-6-11/h7-9,11,16H,2-6,10,15H2,1H3. The number of anilines is 2. The topological polar surface area (TPSA) is 47.3 Å². The molecule has 1 aliphatic rings. The Bertz CT molecular complexity index is 359. The molecule has 3 nitrogen and oxygen atoms in total. The van der Waals surface area contributed by atoms with E-state index < -0.39 is 0 Å². The van der Waals surface area contributed by atoms with E-state index >= 15 is 0 Å². The summed E-state index contributed by atoms with van der Waals surface area (Å²) in [5.41, 5.74) is 7.58. The van der Waals surface area contributed by atoms with Crippen LogP contribution in [0.15, 0.2) is 18.2 Å². The molecule has 1 aromatic carbocycles. The van der Waals surface area contributed by atoms with Crippen molar-refractivity contribution < 1.29 is 4.74 Å². The van der Waals surface area contributed by atoms with E-state index in [1.807, 2.05) is 18.2 Å². The summed E-state index contributed by atoms with van der Waals surface area (Å²) < 4.78 is 5.21. The molecule has 0 atom stereocenters. The number of nitrogens with one attached hydrogen (secondary N) is 1. The summed E-state index contributed by atoms with van der Waals surface area (Å²) in [6.07, 6.45) is 6.90. The van der Waals surface area contributed by atoms with Crippen LogP contribution < -0.4 is 15.8 Å². The van der Waals surface area contributed by atoms with Gasteiger partial charge in [-0.2, -0.15) is 0 Å². The van der Waals surface area contributed by atoms with Crippen LogP contribution >= 0.6 is 0 Å². The number of hydrogen-bond acceptors (Lipinski definition) is 3. The molecule has 0 bridgehead atoms. The Balaban J connectivity index is 1.89. The largest absolute Gasteiger partial charge is 0.495 e. The van der Waals surface area contributed by atoms with Crippen molar-refractivity contribution in [3.05, 3.63) is 18.2 Å². The summed E-state index contributed by atoms with van der Waals surface area (Å²) in [4.78, 5) is 0. The maximum Gasteiger partial charge on any atom is 0.143 e. The highest BCUT2D eigenvalue weighted by atomic mass is 16.5. The molecule has 2 rings (SSSR count). The molecule has 1 aliphatic carbocycles. The van der Waals surface area contributed by atoms with Gasteiger partial charge in [-0.1, -0.05) is 19.3 Å². The Labute approximate surface area is 103 Å². The molecular weight excluding hydrogens is 212 g/mol. The fraction of sp³-hybridized carbons (Fsp3) is 0.571. The van der Waals surface area contributed by atoms with Gasteiger partial charge in [-0.3, -0.25) is 0 Å². The molecule has 0 spiro atoms. The van der Waals surface area contributed by atoms with E-state index in [0.717, 1.165) is 23.9 Å². The van der Waals surface area contributed by atoms with Crippen LogP contribution in [0.25, 0.3) is 0 Å². The smallest absolute Gasteiger partial charge is 0.143 e. The van der Waals surface area contributed by atoms with Crippen molar-refractivity contribution in [1.29, 1.82) is 0 Å². The van der Waals surface area contributed by atoms with Crippen LogP contribution in [0.5, 0.6) is 5.75 Å². The zero-order valence-electron chi connectivity index (χ0n) is 10.5. The Morgan fingerprint density at radius 2 is 2.06 bits per heavy atom. The zero-order valence-corrected chi connectivity index (χ0v) is 10.5. The van der Waals surface area contributed by atoms with Crippen molar-refractivity contribution in [3.8, 4) is 5.75 Å². The van der Waals surface area contributed by atoms with Gasteiger partial charge in [0.25, 0.3) is 0 Å². The lowest BCUT2D eigenvalue weighted by Crippen LogP contribution is -2.17. The lowest BCUT2D eigenvalue weighted by Gasteiger charge is -2.22. The van der Waals surface area contributed by atoms with E-state index in [1.165, 1.54) is 32.1 Å². The van der Waals surface area contributed by atoms with Crippen LogP contribution in [0.3, 0.4) is 0 Å². The second-order valence-corrected chi connectivity index (χ2v) is 4.84. The monoisotopic (exact) mass is 234 g/mol. The molecular formula is C14H22N2O. The van der Waals surface area contributed by atoms with Gasteiger partial charge < -0.3 is 15.8 Å². The maximum atomic E-state index is 5.79. The molecule has 94 valence electrons. The summed E-state index contributed by atoms with van der Waals surface area (Å²) in [5.74, 6) is 1.57. The van der Waals surface area contributed by atoms with Crippen LogP contribution in [0.1, 0.15) is 32.1 Å². The van der Waals surface area contributed by atoms with Gasteiger partial charge in [-0.25, -0.2) is 0 Å². The highest BCUT2D eigenvalue weighted by molar-refractivity contribution is 5.61. The SMILES string of the molecule is COc1cc(NCC2CCCCC2)ccc1N. The van der Waals surface area contributed by atoms with E-state index in [-0.39, 0.29) is 0 Å². The van der Waals surface area contributed by atoms with Gasteiger partial charge in [-0.15, -0.1) is 0 Å². The van der Waals surface area contributed by atoms with Crippen molar-refractivity contribution in [2.24, 2.45) is 5.92 Å². The maximum absolute atomic E-state index is 5.79. The van der Waals surface area contributed by atoms with Gasteiger partial charge in [0.05, 0.1) is 12.8 Å². The van der Waals surface area contributed by atoms with Gasteiger partial charge in [0, 0.05) is 18.3 Å². The quantitative estimate of drug-likeness (QED) is 0.786. The zero-order chi connectivity index (χ0) is 12.1. The Morgan fingerprint density at radius 1 is 1.29 bits per heavy atom. The third-order valence-corrected chi connectivity index (χ3v) is 3.55. The first-order valence-corrected chi connectivity index (χ1v) is 6.47. The highest BCUT2D eigenvalue weighted by Gasteiger charge is 2.13. The van der Waals surface area contributed by atoms with Crippen molar-refractivity contribution >= 4 is 11.4 Å². The van der Waals surface area contributed by atoms with Gasteiger partial charge in [0.1, 0.15) is 5.75 Å². The van der Waals surface area contributed by atoms with Crippen LogP contribution in [-0.4, -0.2) is 13.7 Å². The molecule has 3 heteroatoms. The third kappa shape index (κ3) is 3.29. The molecule has 0 amide bonds. The summed E-state index contributed by atoms with van der Waals surface area (Å²) in [7, 11) is 1.65. The summed E-state index contributed by atoms with van der Waals surface area (Å²) in [5, 5.41) is 3.48. The van der Waals surface area contributed by atoms with E-state index in [2.05, 4.69) is 5.32 Å². The van der Waals surface area contributed by atoms with E-state index in [9.17, 15) is 0 Å². The second kappa shape index (κ2) is 5.80. The number of benzene rings is 1. The van der Waals surface area contributed by atoms with Crippen LogP contribution in [0.4, 0.5) is 11.4 Å². The first-order valence-electron chi connectivity index (χ1n) is 6.47. The lowest BCUT2D eigenvalue weighted by atomic mass is 9.89. The van der Waals surface area contributed by atoms with Crippen molar-refractivity contribution in [3.63, 3.8) is 0 Å². The molecule has 0 radical (unpaired) electrons. The first kappa shape index (κ1) is 12.1. The fourth-order valence-electron chi connectivity index (χ4n) is 2.47. The molecule has 0 unspecified atom stereocenters. The first-order chi connectivity index (χ1) is 8.29. The Kier molecular flexibility index (Phi) is 4.13. The van der Waals surface area contributed by atoms with Gasteiger partial charge in [0.15, 0.2) is 0 Å². The highest BCUT2D eigenvalue weighted by Crippen LogP contribution is 2.27. The minimum Gasteiger partial charge on any atom is -0.495 e. The molecule has 3 N–H and O–H groups in total. The molecule has 1 aromatic rings. The van der Waals surface area contributed by atoms with Gasteiger partial charge >= 0.3 is 0 Å². The van der Waals surface area contributed by atoms with Gasteiger partial charge in [0.2, 0.25) is 0 Å². The predicted octanol–water partition coefficient (Wildman–Crippen LogP) is 3.27. The molecule has 0 aromatic heterocycles. The summed E-state index contributed by atoms with van der Waals surface area (Å²) in [6.45, 7) is 1.06. The van der Waals surface area contributed by atoms with E-state index in [4.69, 9.17) is 10.5 Å². The number of ether oxygens (including phenoxy) is 1. The lowest BCUT2D eigenvalue weighted by molar-refractivity contribution is 0.373. The van der Waals surface area contributed by atoms with Crippen molar-refractivity contribution in [2.45, 2.75) is 32.1 Å².